The van der Waals surface area contributed by atoms with Crippen molar-refractivity contribution in [3.63, 3.8) is 0 Å². The Bertz CT molecular complexity index is 1070. The number of nitrogens with one attached hydrogen (secondary N) is 2. The van der Waals surface area contributed by atoms with Crippen LogP contribution in [0.1, 0.15) is 15.9 Å². The lowest BCUT2D eigenvalue weighted by molar-refractivity contribution is -0.384. The van der Waals surface area contributed by atoms with E-state index in [0.29, 0.717) is 11.3 Å². The first-order valence-electron chi connectivity index (χ1n) is 9.06. The first-order valence-corrected chi connectivity index (χ1v) is 10.0. The minimum atomic E-state index is -0.515. The number of anilines is 2. The average Bonchev–Trinajstić information content (AvgIpc) is 2.73. The van der Waals surface area contributed by atoms with Crippen molar-refractivity contribution in [2.45, 2.75) is 11.8 Å². The van der Waals surface area contributed by atoms with Crippen LogP contribution in [0, 0.1) is 17.0 Å². The zero-order valence-electron chi connectivity index (χ0n) is 16.1. The van der Waals surface area contributed by atoms with Gasteiger partial charge in [0.1, 0.15) is 0 Å². The summed E-state index contributed by atoms with van der Waals surface area (Å²) in [6.45, 7) is 1.96. The van der Waals surface area contributed by atoms with Crippen LogP contribution in [-0.2, 0) is 4.79 Å². The lowest BCUT2D eigenvalue weighted by Gasteiger charge is -2.08. The number of carbonyl (C=O) groups is 2. The maximum atomic E-state index is 12.3. The van der Waals surface area contributed by atoms with Crippen molar-refractivity contribution in [3.05, 3.63) is 94.0 Å². The van der Waals surface area contributed by atoms with Crippen molar-refractivity contribution in [1.82, 2.24) is 0 Å². The first kappa shape index (κ1) is 21.1. The molecule has 2 amide bonds. The molecular weight excluding hydrogens is 402 g/mol. The molecule has 0 saturated heterocycles. The van der Waals surface area contributed by atoms with E-state index in [1.54, 1.807) is 12.1 Å². The normalized spacial score (nSPS) is 10.3. The van der Waals surface area contributed by atoms with E-state index in [0.717, 1.165) is 16.1 Å². The number of non-ortho nitro benzene ring substituents is 1. The lowest BCUT2D eigenvalue weighted by atomic mass is 10.2. The highest BCUT2D eigenvalue weighted by atomic mass is 32.2. The Hall–Kier alpha value is -3.65. The standard InChI is InChI=1S/C22H19N3O4S/c1-15-3-2-4-18(13-15)23-21(26)14-30-20-11-7-17(8-12-20)24-22(27)16-5-9-19(10-6-16)25(28)29/h2-13H,14H2,1H3,(H,23,26)(H,24,27). The molecule has 8 heteroatoms. The first-order chi connectivity index (χ1) is 14.4. The van der Waals surface area contributed by atoms with Gasteiger partial charge in [-0.25, -0.2) is 0 Å². The van der Waals surface area contributed by atoms with Crippen LogP contribution in [0.15, 0.2) is 77.7 Å². The molecule has 7 nitrogen and oxygen atoms in total. The van der Waals surface area contributed by atoms with Gasteiger partial charge in [-0.3, -0.25) is 19.7 Å². The van der Waals surface area contributed by atoms with E-state index in [1.165, 1.54) is 36.0 Å². The molecule has 152 valence electrons. The molecule has 0 bridgehead atoms. The summed E-state index contributed by atoms with van der Waals surface area (Å²) in [5, 5.41) is 16.3. The maximum absolute atomic E-state index is 12.3. The largest absolute Gasteiger partial charge is 0.325 e. The highest BCUT2D eigenvalue weighted by molar-refractivity contribution is 8.00. The highest BCUT2D eigenvalue weighted by Crippen LogP contribution is 2.21. The summed E-state index contributed by atoms with van der Waals surface area (Å²) in [7, 11) is 0. The third-order valence-electron chi connectivity index (χ3n) is 4.12. The molecule has 0 fully saturated rings. The molecule has 0 aliphatic rings. The molecule has 0 heterocycles. The van der Waals surface area contributed by atoms with E-state index < -0.39 is 4.92 Å². The number of amides is 2. The monoisotopic (exact) mass is 421 g/mol. The fourth-order valence-corrected chi connectivity index (χ4v) is 3.34. The molecule has 3 aromatic rings. The number of nitro benzene ring substituents is 1. The van der Waals surface area contributed by atoms with Crippen molar-refractivity contribution in [2.75, 3.05) is 16.4 Å². The molecule has 0 aliphatic carbocycles. The van der Waals surface area contributed by atoms with Gasteiger partial charge in [-0.2, -0.15) is 0 Å². The number of hydrogen-bond acceptors (Lipinski definition) is 5. The molecule has 0 spiro atoms. The second kappa shape index (κ2) is 9.71. The molecule has 0 aliphatic heterocycles. The smallest absolute Gasteiger partial charge is 0.269 e. The molecule has 2 N–H and O–H groups in total. The van der Waals surface area contributed by atoms with E-state index in [4.69, 9.17) is 0 Å². The van der Waals surface area contributed by atoms with Crippen molar-refractivity contribution in [2.24, 2.45) is 0 Å². The number of nitro groups is 1. The second-order valence-electron chi connectivity index (χ2n) is 6.49. The number of nitrogens with zero attached hydrogens (tertiary/aromatic N) is 1. The predicted molar refractivity (Wildman–Crippen MR) is 118 cm³/mol. The number of thioether (sulfide) groups is 1. The zero-order valence-corrected chi connectivity index (χ0v) is 16.9. The molecule has 3 aromatic carbocycles. The number of carbonyl (C=O) groups excluding carboxylic acids is 2. The maximum Gasteiger partial charge on any atom is 0.269 e. The molecule has 0 saturated carbocycles. The Kier molecular flexibility index (Phi) is 6.82. The van der Waals surface area contributed by atoms with Crippen LogP contribution in [-0.4, -0.2) is 22.5 Å². The van der Waals surface area contributed by atoms with Crippen LogP contribution in [0.2, 0.25) is 0 Å². The number of aryl methyl sites for hydroxylation is 1. The molecule has 0 radical (unpaired) electrons. The third-order valence-corrected chi connectivity index (χ3v) is 5.14. The Labute approximate surface area is 177 Å². The summed E-state index contributed by atoms with van der Waals surface area (Å²) in [5.74, 6) is -0.188. The predicted octanol–water partition coefficient (Wildman–Crippen LogP) is 4.89. The topological polar surface area (TPSA) is 101 Å². The number of hydrogen-bond donors (Lipinski definition) is 2. The fourth-order valence-electron chi connectivity index (χ4n) is 2.64. The highest BCUT2D eigenvalue weighted by Gasteiger charge is 2.10. The van der Waals surface area contributed by atoms with Crippen LogP contribution >= 0.6 is 11.8 Å². The van der Waals surface area contributed by atoms with E-state index in [1.807, 2.05) is 43.3 Å². The second-order valence-corrected chi connectivity index (χ2v) is 7.54. The molecular formula is C22H19N3O4S. The van der Waals surface area contributed by atoms with Gasteiger partial charge in [0.2, 0.25) is 5.91 Å². The van der Waals surface area contributed by atoms with Crippen LogP contribution in [0.25, 0.3) is 0 Å². The van der Waals surface area contributed by atoms with Gasteiger partial charge in [0, 0.05) is 34.0 Å². The summed E-state index contributed by atoms with van der Waals surface area (Å²) in [6, 6.07) is 20.1. The van der Waals surface area contributed by atoms with Gasteiger partial charge in [-0.1, -0.05) is 12.1 Å². The Morgan fingerprint density at radius 2 is 1.63 bits per heavy atom. The van der Waals surface area contributed by atoms with Gasteiger partial charge in [-0.05, 0) is 61.0 Å². The van der Waals surface area contributed by atoms with E-state index in [9.17, 15) is 19.7 Å². The molecule has 0 aromatic heterocycles. The summed E-state index contributed by atoms with van der Waals surface area (Å²) in [4.78, 5) is 35.4. The summed E-state index contributed by atoms with van der Waals surface area (Å²) < 4.78 is 0. The summed E-state index contributed by atoms with van der Waals surface area (Å²) in [6.07, 6.45) is 0. The quantitative estimate of drug-likeness (QED) is 0.321. The average molecular weight is 421 g/mol. The van der Waals surface area contributed by atoms with Crippen molar-refractivity contribution < 1.29 is 14.5 Å². The van der Waals surface area contributed by atoms with Gasteiger partial charge in [0.25, 0.3) is 11.6 Å². The van der Waals surface area contributed by atoms with Crippen molar-refractivity contribution in [1.29, 1.82) is 0 Å². The Morgan fingerprint density at radius 3 is 2.27 bits per heavy atom. The van der Waals surface area contributed by atoms with E-state index >= 15 is 0 Å². The number of benzene rings is 3. The van der Waals surface area contributed by atoms with Gasteiger partial charge >= 0.3 is 0 Å². The van der Waals surface area contributed by atoms with E-state index in [-0.39, 0.29) is 23.3 Å². The molecule has 0 unspecified atom stereocenters. The minimum Gasteiger partial charge on any atom is -0.325 e. The Morgan fingerprint density at radius 1 is 0.933 bits per heavy atom. The van der Waals surface area contributed by atoms with Gasteiger partial charge < -0.3 is 10.6 Å². The fraction of sp³-hybridized carbons (Fsp3) is 0.0909. The SMILES string of the molecule is Cc1cccc(NC(=O)CSc2ccc(NC(=O)c3ccc([N+](=O)[O-])cc3)cc2)c1. The van der Waals surface area contributed by atoms with Crippen LogP contribution < -0.4 is 10.6 Å². The molecule has 3 rings (SSSR count). The summed E-state index contributed by atoms with van der Waals surface area (Å²) >= 11 is 1.39. The van der Waals surface area contributed by atoms with Gasteiger partial charge in [-0.15, -0.1) is 11.8 Å². The van der Waals surface area contributed by atoms with Crippen LogP contribution in [0.3, 0.4) is 0 Å². The molecule has 0 atom stereocenters. The number of rotatable bonds is 7. The zero-order chi connectivity index (χ0) is 21.5. The van der Waals surface area contributed by atoms with Crippen molar-refractivity contribution in [3.8, 4) is 0 Å². The third kappa shape index (κ3) is 5.92. The molecule has 30 heavy (non-hydrogen) atoms. The summed E-state index contributed by atoms with van der Waals surface area (Å²) in [5.41, 5.74) is 2.69. The van der Waals surface area contributed by atoms with Crippen molar-refractivity contribution >= 4 is 40.6 Å². The van der Waals surface area contributed by atoms with Crippen LogP contribution in [0.4, 0.5) is 17.1 Å². The lowest BCUT2D eigenvalue weighted by Crippen LogP contribution is -2.14. The van der Waals surface area contributed by atoms with Gasteiger partial charge in [0.15, 0.2) is 0 Å². The van der Waals surface area contributed by atoms with Crippen LogP contribution in [0.5, 0.6) is 0 Å². The van der Waals surface area contributed by atoms with E-state index in [2.05, 4.69) is 10.6 Å². The van der Waals surface area contributed by atoms with Gasteiger partial charge in [0.05, 0.1) is 10.7 Å². The minimum absolute atomic E-state index is 0.0700. The Balaban J connectivity index is 1.51.